The molecule has 0 bridgehead atoms. The number of carbonyl (C=O) groups is 1. The first-order valence-electron chi connectivity index (χ1n) is 7.91. The van der Waals surface area contributed by atoms with Crippen molar-refractivity contribution in [2.45, 2.75) is 33.0 Å². The standard InChI is InChI=1S/C18H26N4O/c1-6-22-13-15(11-19-22)12-21(5)18(23)17(20(3)4)16-9-7-14(2)8-10-16/h7-11,13,17H,6,12H2,1-5H3. The van der Waals surface area contributed by atoms with Gasteiger partial charge in [-0.05, 0) is 33.5 Å². The highest BCUT2D eigenvalue weighted by Crippen LogP contribution is 2.21. The predicted octanol–water partition coefficient (Wildman–Crippen LogP) is 2.47. The van der Waals surface area contributed by atoms with E-state index in [1.54, 1.807) is 4.90 Å². The number of aromatic nitrogens is 2. The van der Waals surface area contributed by atoms with Crippen molar-refractivity contribution in [3.05, 3.63) is 53.3 Å². The quantitative estimate of drug-likeness (QED) is 0.822. The van der Waals surface area contributed by atoms with E-state index in [0.29, 0.717) is 6.54 Å². The normalized spacial score (nSPS) is 12.4. The predicted molar refractivity (Wildman–Crippen MR) is 92.0 cm³/mol. The molecule has 0 spiro atoms. The lowest BCUT2D eigenvalue weighted by molar-refractivity contribution is -0.135. The van der Waals surface area contributed by atoms with E-state index in [-0.39, 0.29) is 11.9 Å². The number of benzene rings is 1. The molecule has 0 N–H and O–H groups in total. The van der Waals surface area contributed by atoms with Gasteiger partial charge >= 0.3 is 0 Å². The second-order valence-electron chi connectivity index (χ2n) is 6.18. The zero-order valence-electron chi connectivity index (χ0n) is 14.7. The summed E-state index contributed by atoms with van der Waals surface area (Å²) in [6, 6.07) is 7.87. The highest BCUT2D eigenvalue weighted by Gasteiger charge is 2.26. The van der Waals surface area contributed by atoms with Crippen LogP contribution < -0.4 is 0 Å². The Morgan fingerprint density at radius 2 is 1.87 bits per heavy atom. The molecule has 23 heavy (non-hydrogen) atoms. The van der Waals surface area contributed by atoms with E-state index in [4.69, 9.17) is 0 Å². The SMILES string of the molecule is CCn1cc(CN(C)C(=O)C(c2ccc(C)cc2)N(C)C)cn1. The number of amides is 1. The van der Waals surface area contributed by atoms with Crippen molar-refractivity contribution in [2.24, 2.45) is 0 Å². The molecule has 0 saturated carbocycles. The van der Waals surface area contributed by atoms with Gasteiger partial charge < -0.3 is 4.90 Å². The number of aryl methyl sites for hydroxylation is 2. The minimum absolute atomic E-state index is 0.0862. The smallest absolute Gasteiger partial charge is 0.244 e. The lowest BCUT2D eigenvalue weighted by atomic mass is 10.0. The van der Waals surface area contributed by atoms with Crippen molar-refractivity contribution in [2.75, 3.05) is 21.1 Å². The zero-order chi connectivity index (χ0) is 17.0. The van der Waals surface area contributed by atoms with Crippen LogP contribution >= 0.6 is 0 Å². The Morgan fingerprint density at radius 1 is 1.22 bits per heavy atom. The molecule has 0 radical (unpaired) electrons. The molecule has 0 saturated heterocycles. The third-order valence-corrected chi connectivity index (χ3v) is 3.95. The third-order valence-electron chi connectivity index (χ3n) is 3.95. The minimum Gasteiger partial charge on any atom is -0.340 e. The highest BCUT2D eigenvalue weighted by atomic mass is 16.2. The average Bonchev–Trinajstić information content (AvgIpc) is 2.96. The van der Waals surface area contributed by atoms with E-state index < -0.39 is 0 Å². The van der Waals surface area contributed by atoms with Crippen LogP contribution in [0.1, 0.15) is 29.7 Å². The van der Waals surface area contributed by atoms with Crippen molar-refractivity contribution in [1.29, 1.82) is 0 Å². The van der Waals surface area contributed by atoms with Gasteiger partial charge in [0, 0.05) is 31.9 Å². The molecule has 5 heteroatoms. The lowest BCUT2D eigenvalue weighted by Gasteiger charge is -2.28. The van der Waals surface area contributed by atoms with Crippen LogP contribution in [0.15, 0.2) is 36.7 Å². The summed E-state index contributed by atoms with van der Waals surface area (Å²) >= 11 is 0. The van der Waals surface area contributed by atoms with Gasteiger partial charge in [0.25, 0.3) is 0 Å². The molecular weight excluding hydrogens is 288 g/mol. The number of hydrogen-bond donors (Lipinski definition) is 0. The summed E-state index contributed by atoms with van der Waals surface area (Å²) in [5.74, 6) is 0.0862. The molecule has 2 aromatic rings. The number of likely N-dealkylation sites (N-methyl/N-ethyl adjacent to an activating group) is 2. The second-order valence-corrected chi connectivity index (χ2v) is 6.18. The Labute approximate surface area is 138 Å². The van der Waals surface area contributed by atoms with Crippen LogP contribution in [0.5, 0.6) is 0 Å². The molecule has 1 aromatic heterocycles. The Hall–Kier alpha value is -2.14. The molecule has 124 valence electrons. The first kappa shape index (κ1) is 17.2. The van der Waals surface area contributed by atoms with Crippen LogP contribution in [0.3, 0.4) is 0 Å². The molecule has 1 atom stereocenters. The van der Waals surface area contributed by atoms with Gasteiger partial charge in [0.1, 0.15) is 6.04 Å². The van der Waals surface area contributed by atoms with Crippen molar-refractivity contribution >= 4 is 5.91 Å². The number of nitrogens with zero attached hydrogens (tertiary/aromatic N) is 4. The average molecular weight is 314 g/mol. The van der Waals surface area contributed by atoms with E-state index in [2.05, 4.69) is 5.10 Å². The van der Waals surface area contributed by atoms with Crippen LogP contribution in [0.2, 0.25) is 0 Å². The monoisotopic (exact) mass is 314 g/mol. The van der Waals surface area contributed by atoms with Crippen LogP contribution in [-0.2, 0) is 17.9 Å². The Kier molecular flexibility index (Phi) is 5.55. The van der Waals surface area contributed by atoms with E-state index in [9.17, 15) is 4.79 Å². The van der Waals surface area contributed by atoms with Crippen LogP contribution in [-0.4, -0.2) is 46.6 Å². The maximum absolute atomic E-state index is 12.9. The van der Waals surface area contributed by atoms with Crippen LogP contribution in [0.25, 0.3) is 0 Å². The molecule has 5 nitrogen and oxygen atoms in total. The molecule has 0 aliphatic rings. The van der Waals surface area contributed by atoms with Gasteiger partial charge in [-0.25, -0.2) is 0 Å². The summed E-state index contributed by atoms with van der Waals surface area (Å²) in [5.41, 5.74) is 3.25. The maximum Gasteiger partial charge on any atom is 0.244 e. The van der Waals surface area contributed by atoms with Gasteiger partial charge in [-0.2, -0.15) is 5.10 Å². The fourth-order valence-corrected chi connectivity index (χ4v) is 2.63. The van der Waals surface area contributed by atoms with Gasteiger partial charge in [-0.1, -0.05) is 29.8 Å². The minimum atomic E-state index is -0.276. The van der Waals surface area contributed by atoms with E-state index >= 15 is 0 Å². The number of carbonyl (C=O) groups excluding carboxylic acids is 1. The first-order chi connectivity index (χ1) is 10.9. The summed E-state index contributed by atoms with van der Waals surface area (Å²) in [6.45, 7) is 5.50. The topological polar surface area (TPSA) is 41.4 Å². The largest absolute Gasteiger partial charge is 0.340 e. The van der Waals surface area contributed by atoms with Crippen molar-refractivity contribution in [3.63, 3.8) is 0 Å². The van der Waals surface area contributed by atoms with Crippen LogP contribution in [0.4, 0.5) is 0 Å². The summed E-state index contributed by atoms with van der Waals surface area (Å²) in [7, 11) is 5.72. The zero-order valence-corrected chi connectivity index (χ0v) is 14.7. The number of hydrogen-bond acceptors (Lipinski definition) is 3. The molecule has 0 fully saturated rings. The van der Waals surface area contributed by atoms with Gasteiger partial charge in [0.15, 0.2) is 0 Å². The summed E-state index contributed by atoms with van der Waals surface area (Å²) in [4.78, 5) is 16.6. The van der Waals surface area contributed by atoms with Crippen LogP contribution in [0, 0.1) is 6.92 Å². The van der Waals surface area contributed by atoms with Crippen molar-refractivity contribution in [1.82, 2.24) is 19.6 Å². The molecule has 1 aromatic carbocycles. The van der Waals surface area contributed by atoms with Crippen molar-refractivity contribution < 1.29 is 4.79 Å². The third kappa shape index (κ3) is 4.20. The number of rotatable bonds is 6. The van der Waals surface area contributed by atoms with Gasteiger partial charge in [0.2, 0.25) is 5.91 Å². The molecular formula is C18H26N4O. The van der Waals surface area contributed by atoms with E-state index in [1.165, 1.54) is 5.56 Å². The Morgan fingerprint density at radius 3 is 2.39 bits per heavy atom. The lowest BCUT2D eigenvalue weighted by Crippen LogP contribution is -2.38. The molecule has 1 unspecified atom stereocenters. The summed E-state index contributed by atoms with van der Waals surface area (Å²) in [5, 5.41) is 4.26. The fourth-order valence-electron chi connectivity index (χ4n) is 2.63. The second kappa shape index (κ2) is 7.42. The molecule has 1 amide bonds. The van der Waals surface area contributed by atoms with E-state index in [0.717, 1.165) is 17.7 Å². The molecule has 1 heterocycles. The van der Waals surface area contributed by atoms with Gasteiger partial charge in [-0.3, -0.25) is 14.4 Å². The Bertz CT molecular complexity index is 645. The van der Waals surface area contributed by atoms with Gasteiger partial charge in [0.05, 0.1) is 6.20 Å². The van der Waals surface area contributed by atoms with Gasteiger partial charge in [-0.15, -0.1) is 0 Å². The van der Waals surface area contributed by atoms with Crippen molar-refractivity contribution in [3.8, 4) is 0 Å². The highest BCUT2D eigenvalue weighted by molar-refractivity contribution is 5.83. The Balaban J connectivity index is 2.15. The summed E-state index contributed by atoms with van der Waals surface area (Å²) < 4.78 is 1.87. The first-order valence-corrected chi connectivity index (χ1v) is 7.91. The fraction of sp³-hybridized carbons (Fsp3) is 0.444. The molecule has 2 rings (SSSR count). The summed E-state index contributed by atoms with van der Waals surface area (Å²) in [6.07, 6.45) is 3.81. The maximum atomic E-state index is 12.9. The van der Waals surface area contributed by atoms with E-state index in [1.807, 2.05) is 81.2 Å². The molecule has 0 aliphatic heterocycles. The molecule has 0 aliphatic carbocycles.